The first-order valence-corrected chi connectivity index (χ1v) is 8.81. The Balaban J connectivity index is 1.65. The molecule has 26 heavy (non-hydrogen) atoms. The first-order valence-electron chi connectivity index (χ1n) is 8.81. The highest BCUT2D eigenvalue weighted by Crippen LogP contribution is 2.26. The molecule has 1 aromatic carbocycles. The van der Waals surface area contributed by atoms with Crippen LogP contribution in [0.4, 0.5) is 11.4 Å². The molecular weight excluding hydrogens is 330 g/mol. The van der Waals surface area contributed by atoms with Crippen molar-refractivity contribution < 1.29 is 14.0 Å². The Bertz CT molecular complexity index is 775. The van der Waals surface area contributed by atoms with E-state index in [1.807, 2.05) is 36.1 Å². The number of piperazine rings is 1. The molecule has 1 N–H and O–H groups in total. The zero-order valence-electron chi connectivity index (χ0n) is 14.9. The van der Waals surface area contributed by atoms with Crippen molar-refractivity contribution in [3.63, 3.8) is 0 Å². The maximum atomic E-state index is 12.2. The van der Waals surface area contributed by atoms with Gasteiger partial charge in [-0.3, -0.25) is 9.59 Å². The quantitative estimate of drug-likeness (QED) is 0.839. The molecule has 2 aromatic rings. The number of furan rings is 1. The van der Waals surface area contributed by atoms with E-state index in [-0.39, 0.29) is 11.8 Å². The summed E-state index contributed by atoms with van der Waals surface area (Å²) < 4.78 is 5.18. The van der Waals surface area contributed by atoms with Gasteiger partial charge in [-0.2, -0.15) is 0 Å². The van der Waals surface area contributed by atoms with E-state index in [2.05, 4.69) is 10.2 Å². The number of anilines is 2. The van der Waals surface area contributed by atoms with E-state index >= 15 is 0 Å². The van der Waals surface area contributed by atoms with Crippen LogP contribution in [0.25, 0.3) is 6.08 Å². The molecule has 0 atom stereocenters. The summed E-state index contributed by atoms with van der Waals surface area (Å²) in [5, 5.41) is 2.93. The molecule has 0 radical (unpaired) electrons. The molecule has 6 heteroatoms. The summed E-state index contributed by atoms with van der Waals surface area (Å²) in [5.41, 5.74) is 1.73. The molecule has 0 aliphatic carbocycles. The third-order valence-corrected chi connectivity index (χ3v) is 4.38. The Morgan fingerprint density at radius 1 is 1.12 bits per heavy atom. The number of nitrogens with one attached hydrogen (secondary N) is 1. The van der Waals surface area contributed by atoms with Gasteiger partial charge in [-0.05, 0) is 30.3 Å². The molecule has 1 aliphatic rings. The van der Waals surface area contributed by atoms with Crippen molar-refractivity contribution >= 4 is 29.3 Å². The van der Waals surface area contributed by atoms with Crippen molar-refractivity contribution in [1.82, 2.24) is 4.90 Å². The van der Waals surface area contributed by atoms with Crippen LogP contribution in [0.1, 0.15) is 19.1 Å². The summed E-state index contributed by atoms with van der Waals surface area (Å²) in [6.45, 7) is 4.79. The van der Waals surface area contributed by atoms with Crippen molar-refractivity contribution in [3.05, 3.63) is 54.5 Å². The smallest absolute Gasteiger partial charge is 0.248 e. The van der Waals surface area contributed by atoms with Gasteiger partial charge in [-0.25, -0.2) is 0 Å². The predicted octanol–water partition coefficient (Wildman–Crippen LogP) is 2.99. The van der Waals surface area contributed by atoms with Crippen LogP contribution in [0, 0.1) is 0 Å². The fourth-order valence-electron chi connectivity index (χ4n) is 2.99. The topological polar surface area (TPSA) is 65.8 Å². The number of amides is 2. The number of hydrogen-bond donors (Lipinski definition) is 1. The molecule has 6 nitrogen and oxygen atoms in total. The van der Waals surface area contributed by atoms with Crippen LogP contribution in [-0.4, -0.2) is 42.9 Å². The summed E-state index contributed by atoms with van der Waals surface area (Å²) in [5.74, 6) is 0.605. The maximum absolute atomic E-state index is 12.2. The standard InChI is InChI=1S/C20H23N3O3/c1-2-20(25)23-13-11-22(12-14-23)18-8-4-3-7-17(18)21-19(24)10-9-16-6-5-15-26-16/h3-10,15H,2,11-14H2,1H3,(H,21,24)/b10-9+. The summed E-state index contributed by atoms with van der Waals surface area (Å²) in [4.78, 5) is 28.1. The van der Waals surface area contributed by atoms with Crippen molar-refractivity contribution in [3.8, 4) is 0 Å². The highest BCUT2D eigenvalue weighted by Gasteiger charge is 2.21. The number of para-hydroxylation sites is 2. The largest absolute Gasteiger partial charge is 0.465 e. The number of carbonyl (C=O) groups is 2. The molecule has 0 unspecified atom stereocenters. The lowest BCUT2D eigenvalue weighted by Crippen LogP contribution is -2.48. The van der Waals surface area contributed by atoms with Crippen LogP contribution in [0.15, 0.2) is 53.2 Å². The van der Waals surface area contributed by atoms with Crippen LogP contribution in [-0.2, 0) is 9.59 Å². The summed E-state index contributed by atoms with van der Waals surface area (Å²) in [7, 11) is 0. The average molecular weight is 353 g/mol. The van der Waals surface area contributed by atoms with Crippen LogP contribution in [0.5, 0.6) is 0 Å². The van der Waals surface area contributed by atoms with Gasteiger partial charge in [0.25, 0.3) is 0 Å². The number of carbonyl (C=O) groups excluding carboxylic acids is 2. The first kappa shape index (κ1) is 17.8. The lowest BCUT2D eigenvalue weighted by atomic mass is 10.2. The number of rotatable bonds is 5. The highest BCUT2D eigenvalue weighted by atomic mass is 16.3. The monoisotopic (exact) mass is 353 g/mol. The minimum Gasteiger partial charge on any atom is -0.465 e. The molecule has 1 aromatic heterocycles. The van der Waals surface area contributed by atoms with E-state index in [1.54, 1.807) is 24.5 Å². The van der Waals surface area contributed by atoms with Crippen LogP contribution in [0.3, 0.4) is 0 Å². The molecule has 0 spiro atoms. The van der Waals surface area contributed by atoms with E-state index in [4.69, 9.17) is 4.42 Å². The second-order valence-corrected chi connectivity index (χ2v) is 6.08. The molecule has 1 saturated heterocycles. The predicted molar refractivity (Wildman–Crippen MR) is 102 cm³/mol. The van der Waals surface area contributed by atoms with Gasteiger partial charge < -0.3 is 19.5 Å². The average Bonchev–Trinajstić information content (AvgIpc) is 3.20. The lowest BCUT2D eigenvalue weighted by molar-refractivity contribution is -0.131. The van der Waals surface area contributed by atoms with E-state index in [9.17, 15) is 9.59 Å². The number of hydrogen-bond acceptors (Lipinski definition) is 4. The van der Waals surface area contributed by atoms with Crippen molar-refractivity contribution in [2.45, 2.75) is 13.3 Å². The fourth-order valence-corrected chi connectivity index (χ4v) is 2.99. The molecule has 1 fully saturated rings. The Hall–Kier alpha value is -3.02. The second kappa shape index (κ2) is 8.38. The molecule has 136 valence electrons. The number of nitrogens with zero attached hydrogens (tertiary/aromatic N) is 2. The SMILES string of the molecule is CCC(=O)N1CCN(c2ccccc2NC(=O)/C=C/c2ccco2)CC1. The van der Waals surface area contributed by atoms with Gasteiger partial charge in [-0.1, -0.05) is 19.1 Å². The van der Waals surface area contributed by atoms with E-state index in [0.717, 1.165) is 24.5 Å². The van der Waals surface area contributed by atoms with Crippen molar-refractivity contribution in [2.75, 3.05) is 36.4 Å². The van der Waals surface area contributed by atoms with E-state index in [0.29, 0.717) is 25.3 Å². The first-order chi connectivity index (χ1) is 12.7. The highest BCUT2D eigenvalue weighted by molar-refractivity contribution is 6.03. The lowest BCUT2D eigenvalue weighted by Gasteiger charge is -2.36. The van der Waals surface area contributed by atoms with Crippen LogP contribution in [0.2, 0.25) is 0 Å². The van der Waals surface area contributed by atoms with Crippen molar-refractivity contribution in [2.24, 2.45) is 0 Å². The Kier molecular flexibility index (Phi) is 5.73. The molecule has 2 heterocycles. The zero-order chi connectivity index (χ0) is 18.4. The third kappa shape index (κ3) is 4.33. The summed E-state index contributed by atoms with van der Waals surface area (Å²) in [6, 6.07) is 11.3. The zero-order valence-corrected chi connectivity index (χ0v) is 14.9. The summed E-state index contributed by atoms with van der Waals surface area (Å²) >= 11 is 0. The Morgan fingerprint density at radius 2 is 1.88 bits per heavy atom. The van der Waals surface area contributed by atoms with Gasteiger partial charge in [0.2, 0.25) is 11.8 Å². The van der Waals surface area contributed by atoms with Gasteiger partial charge in [0.05, 0.1) is 17.6 Å². The molecule has 0 saturated carbocycles. The van der Waals surface area contributed by atoms with Gasteiger partial charge in [0.15, 0.2) is 0 Å². The van der Waals surface area contributed by atoms with Gasteiger partial charge in [0, 0.05) is 38.7 Å². The minimum atomic E-state index is -0.214. The normalized spacial score (nSPS) is 14.7. The molecule has 1 aliphatic heterocycles. The number of benzene rings is 1. The molecular formula is C20H23N3O3. The van der Waals surface area contributed by atoms with Crippen LogP contribution < -0.4 is 10.2 Å². The van der Waals surface area contributed by atoms with Crippen molar-refractivity contribution in [1.29, 1.82) is 0 Å². The Morgan fingerprint density at radius 3 is 2.58 bits per heavy atom. The third-order valence-electron chi connectivity index (χ3n) is 4.38. The van der Waals surface area contributed by atoms with Gasteiger partial charge >= 0.3 is 0 Å². The second-order valence-electron chi connectivity index (χ2n) is 6.08. The van der Waals surface area contributed by atoms with E-state index < -0.39 is 0 Å². The van der Waals surface area contributed by atoms with Gasteiger partial charge in [0.1, 0.15) is 5.76 Å². The fraction of sp³-hybridized carbons (Fsp3) is 0.300. The van der Waals surface area contributed by atoms with Crippen LogP contribution >= 0.6 is 0 Å². The molecule has 3 rings (SSSR count). The van der Waals surface area contributed by atoms with Gasteiger partial charge in [-0.15, -0.1) is 0 Å². The molecule has 2 amide bonds. The Labute approximate surface area is 153 Å². The minimum absolute atomic E-state index is 0.189. The van der Waals surface area contributed by atoms with E-state index in [1.165, 1.54) is 6.08 Å². The summed E-state index contributed by atoms with van der Waals surface area (Å²) in [6.07, 6.45) is 5.19. The molecule has 0 bridgehead atoms. The maximum Gasteiger partial charge on any atom is 0.248 e.